The van der Waals surface area contributed by atoms with Crippen molar-refractivity contribution >= 4 is 34.4 Å². The molecule has 3 rings (SSSR count). The van der Waals surface area contributed by atoms with Crippen molar-refractivity contribution < 1.29 is 4.39 Å². The second kappa shape index (κ2) is 5.62. The molecule has 0 radical (unpaired) electrons. The Kier molecular flexibility index (Phi) is 3.83. The summed E-state index contributed by atoms with van der Waals surface area (Å²) in [5.74, 6) is 0.740. The molecule has 0 saturated carbocycles. The molecular weight excluding hydrogens is 312 g/mol. The SMILES string of the molecule is Cc1ccc(-n2c(CCCl)nc3cc(Cl)cnc32)c(F)c1. The van der Waals surface area contributed by atoms with E-state index in [-0.39, 0.29) is 5.82 Å². The fraction of sp³-hybridized carbons (Fsp3) is 0.200. The Morgan fingerprint density at radius 1 is 1.29 bits per heavy atom. The fourth-order valence-corrected chi connectivity index (χ4v) is 2.61. The minimum absolute atomic E-state index is 0.318. The molecule has 3 aromatic rings. The van der Waals surface area contributed by atoms with E-state index in [9.17, 15) is 4.39 Å². The molecular formula is C15H12Cl2FN3. The number of pyridine rings is 1. The zero-order chi connectivity index (χ0) is 15.0. The molecule has 6 heteroatoms. The van der Waals surface area contributed by atoms with Gasteiger partial charge in [-0.25, -0.2) is 14.4 Å². The minimum Gasteiger partial charge on any atom is -0.278 e. The van der Waals surface area contributed by atoms with Crippen LogP contribution in [0.1, 0.15) is 11.4 Å². The number of aryl methyl sites for hydroxylation is 2. The highest BCUT2D eigenvalue weighted by molar-refractivity contribution is 6.31. The van der Waals surface area contributed by atoms with Crippen LogP contribution in [0.3, 0.4) is 0 Å². The molecule has 108 valence electrons. The van der Waals surface area contributed by atoms with Crippen molar-refractivity contribution in [1.29, 1.82) is 0 Å². The van der Waals surface area contributed by atoms with E-state index in [0.717, 1.165) is 5.56 Å². The van der Waals surface area contributed by atoms with Crippen molar-refractivity contribution in [3.8, 4) is 5.69 Å². The molecule has 0 unspecified atom stereocenters. The predicted molar refractivity (Wildman–Crippen MR) is 83.0 cm³/mol. The smallest absolute Gasteiger partial charge is 0.164 e. The first-order valence-corrected chi connectivity index (χ1v) is 7.37. The first-order chi connectivity index (χ1) is 10.1. The lowest BCUT2D eigenvalue weighted by molar-refractivity contribution is 0.615. The van der Waals surface area contributed by atoms with Crippen LogP contribution in [0.4, 0.5) is 4.39 Å². The number of rotatable bonds is 3. The van der Waals surface area contributed by atoms with Crippen molar-refractivity contribution in [3.63, 3.8) is 0 Å². The maximum Gasteiger partial charge on any atom is 0.164 e. The Balaban J connectivity index is 2.30. The molecule has 0 aliphatic heterocycles. The number of hydrogen-bond donors (Lipinski definition) is 0. The van der Waals surface area contributed by atoms with Gasteiger partial charge in [-0.15, -0.1) is 11.6 Å². The predicted octanol–water partition coefficient (Wildman–Crippen LogP) is 4.30. The number of imidazole rings is 1. The number of alkyl halides is 1. The van der Waals surface area contributed by atoms with Crippen molar-refractivity contribution in [2.24, 2.45) is 0 Å². The van der Waals surface area contributed by atoms with Crippen LogP contribution in [-0.4, -0.2) is 20.4 Å². The van der Waals surface area contributed by atoms with E-state index in [2.05, 4.69) is 9.97 Å². The van der Waals surface area contributed by atoms with E-state index >= 15 is 0 Å². The number of hydrogen-bond acceptors (Lipinski definition) is 2. The standard InChI is InChI=1S/C15H12Cl2FN3/c1-9-2-3-13(11(18)6-9)21-14(4-5-16)20-12-7-10(17)8-19-15(12)21/h2-3,6-8H,4-5H2,1H3. The Bertz CT molecular complexity index is 814. The quantitative estimate of drug-likeness (QED) is 0.673. The second-order valence-electron chi connectivity index (χ2n) is 4.75. The Morgan fingerprint density at radius 3 is 2.81 bits per heavy atom. The van der Waals surface area contributed by atoms with Crippen molar-refractivity contribution in [2.75, 3.05) is 5.88 Å². The highest BCUT2D eigenvalue weighted by Crippen LogP contribution is 2.25. The molecule has 0 spiro atoms. The molecule has 0 atom stereocenters. The van der Waals surface area contributed by atoms with Crippen LogP contribution in [-0.2, 0) is 6.42 Å². The summed E-state index contributed by atoms with van der Waals surface area (Å²) in [6, 6.07) is 6.77. The van der Waals surface area contributed by atoms with Gasteiger partial charge in [0.25, 0.3) is 0 Å². The zero-order valence-corrected chi connectivity index (χ0v) is 12.8. The molecule has 0 aliphatic rings. The first-order valence-electron chi connectivity index (χ1n) is 6.45. The van der Waals surface area contributed by atoms with Gasteiger partial charge in [-0.05, 0) is 30.7 Å². The molecule has 21 heavy (non-hydrogen) atoms. The summed E-state index contributed by atoms with van der Waals surface area (Å²) in [5.41, 5.74) is 2.47. The summed E-state index contributed by atoms with van der Waals surface area (Å²) in [5, 5.41) is 0.494. The maximum atomic E-state index is 14.3. The summed E-state index contributed by atoms with van der Waals surface area (Å²) in [7, 11) is 0. The number of nitrogens with zero attached hydrogens (tertiary/aromatic N) is 3. The van der Waals surface area contributed by atoms with E-state index in [1.807, 2.05) is 13.0 Å². The fourth-order valence-electron chi connectivity index (χ4n) is 2.29. The highest BCUT2D eigenvalue weighted by atomic mass is 35.5. The normalized spacial score (nSPS) is 11.2. The largest absolute Gasteiger partial charge is 0.278 e. The molecule has 0 saturated heterocycles. The second-order valence-corrected chi connectivity index (χ2v) is 5.57. The molecule has 0 bridgehead atoms. The molecule has 2 aromatic heterocycles. The average molecular weight is 324 g/mol. The van der Waals surface area contributed by atoms with E-state index in [4.69, 9.17) is 23.2 Å². The van der Waals surface area contributed by atoms with E-state index < -0.39 is 0 Å². The van der Waals surface area contributed by atoms with Gasteiger partial charge >= 0.3 is 0 Å². The Morgan fingerprint density at radius 2 is 2.10 bits per heavy atom. The lowest BCUT2D eigenvalue weighted by Gasteiger charge is -2.09. The maximum absolute atomic E-state index is 14.3. The summed E-state index contributed by atoms with van der Waals surface area (Å²) in [6.45, 7) is 1.84. The van der Waals surface area contributed by atoms with E-state index in [0.29, 0.717) is 40.0 Å². The van der Waals surface area contributed by atoms with Gasteiger partial charge in [-0.3, -0.25) is 4.57 Å². The van der Waals surface area contributed by atoms with Crippen LogP contribution in [0.2, 0.25) is 5.02 Å². The molecule has 3 nitrogen and oxygen atoms in total. The monoisotopic (exact) mass is 323 g/mol. The van der Waals surface area contributed by atoms with Crippen LogP contribution >= 0.6 is 23.2 Å². The lowest BCUT2D eigenvalue weighted by Crippen LogP contribution is -2.05. The van der Waals surface area contributed by atoms with Gasteiger partial charge in [-0.2, -0.15) is 0 Å². The molecule has 0 amide bonds. The number of halogens is 3. The third-order valence-electron chi connectivity index (χ3n) is 3.20. The van der Waals surface area contributed by atoms with Gasteiger partial charge in [0.2, 0.25) is 0 Å². The highest BCUT2D eigenvalue weighted by Gasteiger charge is 2.16. The van der Waals surface area contributed by atoms with Gasteiger partial charge in [0.1, 0.15) is 17.2 Å². The number of aromatic nitrogens is 3. The summed E-state index contributed by atoms with van der Waals surface area (Å²) < 4.78 is 16.0. The molecule has 0 fully saturated rings. The zero-order valence-electron chi connectivity index (χ0n) is 11.3. The lowest BCUT2D eigenvalue weighted by atomic mass is 10.2. The minimum atomic E-state index is -0.318. The van der Waals surface area contributed by atoms with E-state index in [1.54, 1.807) is 16.7 Å². The van der Waals surface area contributed by atoms with E-state index in [1.165, 1.54) is 12.3 Å². The third-order valence-corrected chi connectivity index (χ3v) is 3.59. The van der Waals surface area contributed by atoms with Gasteiger partial charge in [-0.1, -0.05) is 17.7 Å². The Hall–Kier alpha value is -1.65. The number of benzene rings is 1. The van der Waals surface area contributed by atoms with Gasteiger partial charge in [0, 0.05) is 18.5 Å². The average Bonchev–Trinajstić information content (AvgIpc) is 2.76. The van der Waals surface area contributed by atoms with Crippen molar-refractivity contribution in [3.05, 3.63) is 52.7 Å². The van der Waals surface area contributed by atoms with Crippen LogP contribution in [0, 0.1) is 12.7 Å². The molecule has 1 aromatic carbocycles. The first kappa shape index (κ1) is 14.3. The summed E-state index contributed by atoms with van der Waals surface area (Å²) in [6.07, 6.45) is 2.04. The summed E-state index contributed by atoms with van der Waals surface area (Å²) in [4.78, 5) is 8.75. The number of fused-ring (bicyclic) bond motifs is 1. The molecule has 2 heterocycles. The van der Waals surface area contributed by atoms with Crippen LogP contribution in [0.25, 0.3) is 16.9 Å². The molecule has 0 N–H and O–H groups in total. The van der Waals surface area contributed by atoms with Gasteiger partial charge in [0.05, 0.1) is 10.7 Å². The van der Waals surface area contributed by atoms with Gasteiger partial charge < -0.3 is 0 Å². The topological polar surface area (TPSA) is 30.7 Å². The van der Waals surface area contributed by atoms with Crippen LogP contribution in [0.15, 0.2) is 30.5 Å². The molecule has 0 aliphatic carbocycles. The van der Waals surface area contributed by atoms with Crippen LogP contribution < -0.4 is 0 Å². The van der Waals surface area contributed by atoms with Crippen LogP contribution in [0.5, 0.6) is 0 Å². The third kappa shape index (κ3) is 2.61. The Labute approximate surface area is 131 Å². The summed E-state index contributed by atoms with van der Waals surface area (Å²) >= 11 is 11.8. The van der Waals surface area contributed by atoms with Gasteiger partial charge in [0.15, 0.2) is 5.65 Å². The van der Waals surface area contributed by atoms with Crippen molar-refractivity contribution in [1.82, 2.24) is 14.5 Å². The van der Waals surface area contributed by atoms with Crippen molar-refractivity contribution in [2.45, 2.75) is 13.3 Å².